The van der Waals surface area contributed by atoms with Crippen molar-refractivity contribution < 1.29 is 23.2 Å². The Balaban J connectivity index is 1.83. The number of benzene rings is 3. The summed E-state index contributed by atoms with van der Waals surface area (Å²) in [5, 5.41) is 2.21. The third-order valence-electron chi connectivity index (χ3n) is 11.1. The number of ether oxygens (including phenoxy) is 1. The van der Waals surface area contributed by atoms with Crippen LogP contribution >= 0.6 is 0 Å². The molecule has 5 nitrogen and oxygen atoms in total. The maximum atomic E-state index is 14.6. The zero-order valence-corrected chi connectivity index (χ0v) is 34.8. The molecule has 1 aliphatic heterocycles. The molecule has 51 heavy (non-hydrogen) atoms. The van der Waals surface area contributed by atoms with Crippen LogP contribution in [0.2, 0.25) is 21.7 Å². The molecule has 0 unspecified atom stereocenters. The van der Waals surface area contributed by atoms with Crippen molar-refractivity contribution in [3.05, 3.63) is 102 Å². The number of esters is 1. The van der Waals surface area contributed by atoms with E-state index in [4.69, 9.17) is 13.6 Å². The topological polar surface area (TPSA) is 61.8 Å². The minimum atomic E-state index is -2.92. The van der Waals surface area contributed by atoms with Crippen LogP contribution in [-0.2, 0) is 20.4 Å². The quantitative estimate of drug-likeness (QED) is 0.0805. The van der Waals surface area contributed by atoms with Crippen molar-refractivity contribution in [1.29, 1.82) is 0 Å². The van der Waals surface area contributed by atoms with E-state index in [9.17, 15) is 9.59 Å². The van der Waals surface area contributed by atoms with Crippen LogP contribution in [0.3, 0.4) is 0 Å². The predicted molar refractivity (Wildman–Crippen MR) is 216 cm³/mol. The molecule has 0 saturated heterocycles. The molecule has 1 heterocycles. The number of hydrogen-bond acceptors (Lipinski definition) is 5. The van der Waals surface area contributed by atoms with Crippen molar-refractivity contribution in [3.8, 4) is 5.75 Å². The van der Waals surface area contributed by atoms with Crippen LogP contribution in [-0.4, -0.2) is 41.1 Å². The van der Waals surface area contributed by atoms with Gasteiger partial charge in [-0.15, -0.1) is 0 Å². The van der Waals surface area contributed by atoms with Gasteiger partial charge in [0.05, 0.1) is 6.10 Å². The molecular formula is C44H62O5Si2. The lowest BCUT2D eigenvalue weighted by atomic mass is 9.93. The van der Waals surface area contributed by atoms with Gasteiger partial charge in [0, 0.05) is 12.8 Å². The van der Waals surface area contributed by atoms with Gasteiger partial charge in [-0.05, 0) is 68.8 Å². The summed E-state index contributed by atoms with van der Waals surface area (Å²) in [5.74, 6) is 0.360. The maximum absolute atomic E-state index is 14.6. The molecule has 7 heteroatoms. The highest BCUT2D eigenvalue weighted by molar-refractivity contribution is 6.99. The van der Waals surface area contributed by atoms with E-state index in [0.717, 1.165) is 18.3 Å². The third kappa shape index (κ3) is 8.86. The van der Waals surface area contributed by atoms with Gasteiger partial charge in [0.15, 0.2) is 0 Å². The predicted octanol–water partition coefficient (Wildman–Crippen LogP) is 10.2. The molecule has 1 aliphatic rings. The summed E-state index contributed by atoms with van der Waals surface area (Å²) >= 11 is 0. The van der Waals surface area contributed by atoms with Gasteiger partial charge in [0.2, 0.25) is 0 Å². The van der Waals surface area contributed by atoms with Gasteiger partial charge in [-0.2, -0.15) is 0 Å². The monoisotopic (exact) mass is 726 g/mol. The number of rotatable bonds is 12. The highest BCUT2D eigenvalue weighted by Gasteiger charge is 2.52. The van der Waals surface area contributed by atoms with E-state index < -0.39 is 22.7 Å². The summed E-state index contributed by atoms with van der Waals surface area (Å²) in [6.07, 6.45) is 7.21. The zero-order valence-electron chi connectivity index (χ0n) is 32.8. The molecular weight excluding hydrogens is 665 g/mol. The van der Waals surface area contributed by atoms with Crippen molar-refractivity contribution in [2.75, 3.05) is 0 Å². The van der Waals surface area contributed by atoms with Gasteiger partial charge >= 0.3 is 5.97 Å². The Bertz CT molecular complexity index is 1530. The second-order valence-corrected chi connectivity index (χ2v) is 26.1. The smallest absolute Gasteiger partial charge is 0.342 e. The van der Waals surface area contributed by atoms with Gasteiger partial charge in [-0.25, -0.2) is 4.79 Å². The molecule has 0 aliphatic carbocycles. The lowest BCUT2D eigenvalue weighted by Crippen LogP contribution is -2.68. The number of hydrogen-bond donors (Lipinski definition) is 0. The first-order valence-corrected chi connectivity index (χ1v) is 23.1. The molecule has 4 rings (SSSR count). The molecule has 3 aromatic rings. The second kappa shape index (κ2) is 17.5. The average Bonchev–Trinajstić information content (AvgIpc) is 3.08. The fraction of sp³-hybridized carbons (Fsp3) is 0.500. The summed E-state index contributed by atoms with van der Waals surface area (Å²) < 4.78 is 21.4. The summed E-state index contributed by atoms with van der Waals surface area (Å²) in [4.78, 5) is 26.3. The maximum Gasteiger partial charge on any atom is 0.342 e. The number of allylic oxidation sites excluding steroid dienone is 2. The van der Waals surface area contributed by atoms with Crippen LogP contribution < -0.4 is 14.8 Å². The molecule has 0 spiro atoms. The van der Waals surface area contributed by atoms with Crippen molar-refractivity contribution in [1.82, 2.24) is 0 Å². The lowest BCUT2D eigenvalue weighted by Gasteiger charge is -2.46. The van der Waals surface area contributed by atoms with Crippen molar-refractivity contribution in [2.24, 2.45) is 5.92 Å². The van der Waals surface area contributed by atoms with Gasteiger partial charge in [0.25, 0.3) is 16.6 Å². The fourth-order valence-electron chi connectivity index (χ4n) is 8.54. The molecule has 276 valence electrons. The van der Waals surface area contributed by atoms with Crippen LogP contribution in [0.15, 0.2) is 91.0 Å². The first-order valence-electron chi connectivity index (χ1n) is 19.1. The first kappa shape index (κ1) is 40.5. The minimum absolute atomic E-state index is 0.128. The van der Waals surface area contributed by atoms with Crippen LogP contribution in [0.4, 0.5) is 0 Å². The Morgan fingerprint density at radius 1 is 0.824 bits per heavy atom. The molecule has 0 saturated carbocycles. The average molecular weight is 727 g/mol. The van der Waals surface area contributed by atoms with E-state index in [0.29, 0.717) is 53.6 Å². The van der Waals surface area contributed by atoms with Crippen LogP contribution in [0.5, 0.6) is 5.75 Å². The molecule has 0 fully saturated rings. The van der Waals surface area contributed by atoms with Gasteiger partial charge < -0.3 is 18.4 Å². The molecule has 0 amide bonds. The van der Waals surface area contributed by atoms with Crippen LogP contribution in [0, 0.1) is 5.92 Å². The first-order chi connectivity index (χ1) is 24.2. The van der Waals surface area contributed by atoms with Crippen LogP contribution in [0.25, 0.3) is 0 Å². The van der Waals surface area contributed by atoms with Gasteiger partial charge in [0.1, 0.15) is 23.7 Å². The standard InChI is InChI=1S/C44H62O5Si2/c1-32(2)50(33(3)4,34(5)6)48-40-29-19-23-36-22-18-17-21-35(7)41(31-37(24-20-30-45)47-43(46)42(36)40)49-51(44(8,9)10,38-25-13-11-14-26-38)39-27-15-12-16-28-39/h11-19,23,25-30,32-35,37,41H,20-22,24,31H2,1-10H3/b18-17+/t35-,37-,41+/m0/s1. The molecule has 3 atom stereocenters. The molecule has 3 aromatic carbocycles. The lowest BCUT2D eigenvalue weighted by molar-refractivity contribution is -0.108. The summed E-state index contributed by atoms with van der Waals surface area (Å²) in [7, 11) is -5.30. The number of carbonyl (C=O) groups excluding carboxylic acids is 2. The SMILES string of the molecule is CC(C)[Si](Oc1cccc2c1C(=O)O[C@@H](CCC=O)C[C@@H](O[Si](c1ccccc1)(c1ccccc1)C(C)(C)C)[C@@H](C)C/C=C/C2)(C(C)C)C(C)C. The zero-order chi connectivity index (χ0) is 37.4. The highest BCUT2D eigenvalue weighted by atomic mass is 28.4. The largest absolute Gasteiger partial charge is 0.542 e. The van der Waals surface area contributed by atoms with E-state index in [1.54, 1.807) is 0 Å². The van der Waals surface area contributed by atoms with Gasteiger partial charge in [-0.3, -0.25) is 0 Å². The van der Waals surface area contributed by atoms with E-state index >= 15 is 0 Å². The molecule has 0 aromatic heterocycles. The van der Waals surface area contributed by atoms with Crippen molar-refractivity contribution in [3.63, 3.8) is 0 Å². The van der Waals surface area contributed by atoms with Crippen molar-refractivity contribution in [2.45, 2.75) is 135 Å². The molecule has 0 N–H and O–H groups in total. The summed E-state index contributed by atoms with van der Waals surface area (Å²) in [6.45, 7) is 22.6. The van der Waals surface area contributed by atoms with E-state index in [1.165, 1.54) is 10.4 Å². The Kier molecular flexibility index (Phi) is 13.9. The van der Waals surface area contributed by atoms with Crippen molar-refractivity contribution >= 4 is 39.3 Å². The third-order valence-corrected chi connectivity index (χ3v) is 22.1. The van der Waals surface area contributed by atoms with E-state index in [-0.39, 0.29) is 23.0 Å². The van der Waals surface area contributed by atoms with E-state index in [2.05, 4.69) is 142 Å². The number of fused-ring (bicyclic) bond motifs is 1. The Labute approximate surface area is 310 Å². The summed E-state index contributed by atoms with van der Waals surface area (Å²) in [6, 6.07) is 27.3. The van der Waals surface area contributed by atoms with Gasteiger partial charge in [-0.1, -0.05) is 154 Å². The number of cyclic esters (lactones) is 1. The number of carbonyl (C=O) groups is 2. The highest BCUT2D eigenvalue weighted by Crippen LogP contribution is 2.44. The summed E-state index contributed by atoms with van der Waals surface area (Å²) in [5.41, 5.74) is 2.44. The number of aldehydes is 1. The Hall–Kier alpha value is -3.27. The fourth-order valence-corrected chi connectivity index (χ4v) is 18.6. The van der Waals surface area contributed by atoms with Crippen LogP contribution in [0.1, 0.15) is 111 Å². The molecule has 0 radical (unpaired) electrons. The Morgan fingerprint density at radius 2 is 1.39 bits per heavy atom. The molecule has 0 bridgehead atoms. The normalized spacial score (nSPS) is 19.9. The minimum Gasteiger partial charge on any atom is -0.542 e. The Morgan fingerprint density at radius 3 is 1.90 bits per heavy atom. The second-order valence-electron chi connectivity index (χ2n) is 16.4. The van der Waals surface area contributed by atoms with E-state index in [1.807, 2.05) is 18.2 Å².